The molecule has 20 heavy (non-hydrogen) atoms. The molecule has 0 aliphatic heterocycles. The van der Waals surface area contributed by atoms with Crippen molar-refractivity contribution in [3.8, 4) is 0 Å². The quantitative estimate of drug-likeness (QED) is 0.853. The van der Waals surface area contributed by atoms with Crippen molar-refractivity contribution in [1.82, 2.24) is 0 Å². The second-order valence-electron chi connectivity index (χ2n) is 4.03. The van der Waals surface area contributed by atoms with Gasteiger partial charge in [0.15, 0.2) is 0 Å². The number of aromatic carboxylic acids is 1. The van der Waals surface area contributed by atoms with E-state index in [1.807, 2.05) is 19.1 Å². The minimum Gasteiger partial charge on any atom is -0.478 e. The number of rotatable bonds is 2. The Labute approximate surface area is 117 Å². The maximum absolute atomic E-state index is 10.9. The number of carboxylic acids is 1. The standard InChI is InChI=1S/C9H10O2.C7H6O2/c1-7-3-5-8(6-4-7)9(10)11-2;8-7(9)6-4-2-1-3-5-6/h3-6H,1-2H3;1-5H,(H,8,9). The van der Waals surface area contributed by atoms with Gasteiger partial charge >= 0.3 is 11.9 Å². The molecule has 0 bridgehead atoms. The van der Waals surface area contributed by atoms with E-state index in [0.717, 1.165) is 5.56 Å². The van der Waals surface area contributed by atoms with Crippen molar-refractivity contribution < 1.29 is 19.4 Å². The van der Waals surface area contributed by atoms with E-state index in [0.29, 0.717) is 11.1 Å². The van der Waals surface area contributed by atoms with Gasteiger partial charge in [-0.1, -0.05) is 35.9 Å². The van der Waals surface area contributed by atoms with Crippen LogP contribution in [0.2, 0.25) is 0 Å². The lowest BCUT2D eigenvalue weighted by Gasteiger charge is -1.97. The van der Waals surface area contributed by atoms with Crippen LogP contribution in [-0.2, 0) is 4.74 Å². The van der Waals surface area contributed by atoms with E-state index in [4.69, 9.17) is 5.11 Å². The lowest BCUT2D eigenvalue weighted by atomic mass is 10.2. The van der Waals surface area contributed by atoms with Gasteiger partial charge in [-0.25, -0.2) is 9.59 Å². The minimum atomic E-state index is -0.879. The zero-order chi connectivity index (χ0) is 15.0. The van der Waals surface area contributed by atoms with Crippen LogP contribution in [0.15, 0.2) is 54.6 Å². The number of carbonyl (C=O) groups excluding carboxylic acids is 1. The highest BCUT2D eigenvalue weighted by Crippen LogP contribution is 2.03. The van der Waals surface area contributed by atoms with Crippen molar-refractivity contribution in [2.24, 2.45) is 0 Å². The number of methoxy groups -OCH3 is 1. The molecule has 0 saturated heterocycles. The summed E-state index contributed by atoms with van der Waals surface area (Å²) < 4.78 is 4.54. The molecule has 104 valence electrons. The fraction of sp³-hybridized carbons (Fsp3) is 0.125. The van der Waals surface area contributed by atoms with Gasteiger partial charge in [0.1, 0.15) is 0 Å². The van der Waals surface area contributed by atoms with Gasteiger partial charge < -0.3 is 9.84 Å². The first-order valence-corrected chi connectivity index (χ1v) is 5.98. The summed E-state index contributed by atoms with van der Waals surface area (Å²) in [6, 6.07) is 15.6. The number of ether oxygens (including phenoxy) is 1. The molecule has 0 aliphatic rings. The molecule has 1 N–H and O–H groups in total. The molecular formula is C16H16O4. The first-order chi connectivity index (χ1) is 9.54. The monoisotopic (exact) mass is 272 g/mol. The Morgan fingerprint density at radius 1 is 0.900 bits per heavy atom. The smallest absolute Gasteiger partial charge is 0.337 e. The van der Waals surface area contributed by atoms with Crippen molar-refractivity contribution in [2.75, 3.05) is 7.11 Å². The molecule has 0 aliphatic carbocycles. The summed E-state index contributed by atoms with van der Waals surface area (Å²) in [7, 11) is 1.38. The summed E-state index contributed by atoms with van der Waals surface area (Å²) in [5, 5.41) is 8.38. The second kappa shape index (κ2) is 7.74. The molecule has 0 heterocycles. The molecule has 0 saturated carbocycles. The molecule has 0 fully saturated rings. The largest absolute Gasteiger partial charge is 0.478 e. The van der Waals surface area contributed by atoms with Crippen molar-refractivity contribution in [2.45, 2.75) is 6.92 Å². The van der Waals surface area contributed by atoms with Crippen molar-refractivity contribution >= 4 is 11.9 Å². The first kappa shape index (κ1) is 15.4. The molecule has 0 amide bonds. The minimum absolute atomic E-state index is 0.287. The molecule has 4 heteroatoms. The maximum atomic E-state index is 10.9. The van der Waals surface area contributed by atoms with Gasteiger partial charge in [-0.3, -0.25) is 0 Å². The highest BCUT2D eigenvalue weighted by Gasteiger charge is 2.02. The summed E-state index contributed by atoms with van der Waals surface area (Å²) >= 11 is 0. The number of esters is 1. The van der Waals surface area contributed by atoms with Gasteiger partial charge in [-0.2, -0.15) is 0 Å². The fourth-order valence-electron chi connectivity index (χ4n) is 1.39. The summed E-state index contributed by atoms with van der Waals surface area (Å²) in [5.41, 5.74) is 2.06. The predicted molar refractivity (Wildman–Crippen MR) is 75.9 cm³/mol. The van der Waals surface area contributed by atoms with Gasteiger partial charge in [-0.15, -0.1) is 0 Å². The normalized spacial score (nSPS) is 9.10. The average molecular weight is 272 g/mol. The van der Waals surface area contributed by atoms with Gasteiger partial charge in [0.05, 0.1) is 18.2 Å². The Bertz CT molecular complexity index is 559. The highest BCUT2D eigenvalue weighted by molar-refractivity contribution is 5.89. The summed E-state index contributed by atoms with van der Waals surface area (Å²) in [6.07, 6.45) is 0. The Morgan fingerprint density at radius 3 is 1.85 bits per heavy atom. The van der Waals surface area contributed by atoms with Crippen LogP contribution in [0.4, 0.5) is 0 Å². The van der Waals surface area contributed by atoms with Crippen LogP contribution in [0, 0.1) is 6.92 Å². The van der Waals surface area contributed by atoms with Gasteiger partial charge in [0, 0.05) is 0 Å². The first-order valence-electron chi connectivity index (χ1n) is 5.98. The Balaban J connectivity index is 0.000000204. The van der Waals surface area contributed by atoms with E-state index in [9.17, 15) is 9.59 Å². The highest BCUT2D eigenvalue weighted by atomic mass is 16.5. The van der Waals surface area contributed by atoms with Gasteiger partial charge in [-0.05, 0) is 31.2 Å². The van der Waals surface area contributed by atoms with Crippen LogP contribution in [0.25, 0.3) is 0 Å². The Kier molecular flexibility index (Phi) is 5.97. The van der Waals surface area contributed by atoms with E-state index < -0.39 is 5.97 Å². The molecule has 4 nitrogen and oxygen atoms in total. The zero-order valence-electron chi connectivity index (χ0n) is 11.4. The third-order valence-electron chi connectivity index (χ3n) is 2.49. The van der Waals surface area contributed by atoms with Crippen molar-refractivity contribution in [3.05, 3.63) is 71.3 Å². The molecule has 2 aromatic carbocycles. The van der Waals surface area contributed by atoms with E-state index in [-0.39, 0.29) is 5.97 Å². The van der Waals surface area contributed by atoms with Crippen LogP contribution < -0.4 is 0 Å². The second-order valence-corrected chi connectivity index (χ2v) is 4.03. The van der Waals surface area contributed by atoms with E-state index in [1.165, 1.54) is 7.11 Å². The van der Waals surface area contributed by atoms with Gasteiger partial charge in [0.2, 0.25) is 0 Å². The molecule has 0 radical (unpaired) electrons. The van der Waals surface area contributed by atoms with Crippen LogP contribution in [0.1, 0.15) is 26.3 Å². The Hall–Kier alpha value is -2.62. The number of aryl methyl sites for hydroxylation is 1. The molecule has 0 atom stereocenters. The predicted octanol–water partition coefficient (Wildman–Crippen LogP) is 3.17. The number of hydrogen-bond acceptors (Lipinski definition) is 3. The number of carbonyl (C=O) groups is 2. The van der Waals surface area contributed by atoms with E-state index in [2.05, 4.69) is 4.74 Å². The van der Waals surface area contributed by atoms with Crippen LogP contribution in [0.5, 0.6) is 0 Å². The SMILES string of the molecule is COC(=O)c1ccc(C)cc1.O=C(O)c1ccccc1. The van der Waals surface area contributed by atoms with E-state index in [1.54, 1.807) is 42.5 Å². The topological polar surface area (TPSA) is 63.6 Å². The summed E-state index contributed by atoms with van der Waals surface area (Å²) in [5.74, 6) is -1.17. The summed E-state index contributed by atoms with van der Waals surface area (Å²) in [6.45, 7) is 1.97. The van der Waals surface area contributed by atoms with E-state index >= 15 is 0 Å². The molecule has 0 aromatic heterocycles. The van der Waals surface area contributed by atoms with Gasteiger partial charge in [0.25, 0.3) is 0 Å². The number of benzene rings is 2. The van der Waals surface area contributed by atoms with Crippen molar-refractivity contribution in [1.29, 1.82) is 0 Å². The molecule has 2 rings (SSSR count). The van der Waals surface area contributed by atoms with Crippen LogP contribution >= 0.6 is 0 Å². The number of hydrogen-bond donors (Lipinski definition) is 1. The third kappa shape index (κ3) is 4.94. The third-order valence-corrected chi connectivity index (χ3v) is 2.49. The van der Waals surface area contributed by atoms with Crippen LogP contribution in [0.3, 0.4) is 0 Å². The Morgan fingerprint density at radius 2 is 1.45 bits per heavy atom. The number of carboxylic acid groups (broad SMARTS) is 1. The molecule has 0 unspecified atom stereocenters. The maximum Gasteiger partial charge on any atom is 0.337 e. The molecular weight excluding hydrogens is 256 g/mol. The van der Waals surface area contributed by atoms with Crippen LogP contribution in [-0.4, -0.2) is 24.2 Å². The fourth-order valence-corrected chi connectivity index (χ4v) is 1.39. The average Bonchev–Trinajstić information content (AvgIpc) is 2.49. The zero-order valence-corrected chi connectivity index (χ0v) is 11.4. The lowest BCUT2D eigenvalue weighted by molar-refractivity contribution is 0.0600. The lowest BCUT2D eigenvalue weighted by Crippen LogP contribution is -2.00. The van der Waals surface area contributed by atoms with Crippen molar-refractivity contribution in [3.63, 3.8) is 0 Å². The summed E-state index contributed by atoms with van der Waals surface area (Å²) in [4.78, 5) is 21.1. The molecule has 0 spiro atoms. The molecule has 2 aromatic rings.